The Morgan fingerprint density at radius 2 is 1.88 bits per heavy atom. The summed E-state index contributed by atoms with van der Waals surface area (Å²) in [5, 5.41) is 12.0. The fraction of sp³-hybridized carbons (Fsp3) is 0.500. The van der Waals surface area contributed by atoms with Gasteiger partial charge in [-0.05, 0) is 36.8 Å². The summed E-state index contributed by atoms with van der Waals surface area (Å²) in [4.78, 5) is 33.8. The van der Waals surface area contributed by atoms with Crippen LogP contribution in [-0.2, 0) is 4.79 Å². The monoisotopic (exact) mass is 469 g/mol. The van der Waals surface area contributed by atoms with Crippen LogP contribution in [0.5, 0.6) is 0 Å². The molecule has 0 saturated heterocycles. The summed E-state index contributed by atoms with van der Waals surface area (Å²) in [5.41, 5.74) is 7.07. The molecule has 0 saturated carbocycles. The molecule has 0 aromatic carbocycles. The SMILES string of the molecule is NC1CCNc2nc(ncc2C(=O)NCC2=CC=C(F)C#CC2)NCCCCCCCNC1=O. The van der Waals surface area contributed by atoms with Gasteiger partial charge in [-0.25, -0.2) is 4.98 Å². The lowest BCUT2D eigenvalue weighted by Gasteiger charge is -2.15. The number of nitrogens with one attached hydrogen (secondary N) is 4. The fourth-order valence-electron chi connectivity index (χ4n) is 3.51. The van der Waals surface area contributed by atoms with Gasteiger partial charge in [-0.15, -0.1) is 0 Å². The Kier molecular flexibility index (Phi) is 9.85. The molecule has 2 amide bonds. The van der Waals surface area contributed by atoms with E-state index < -0.39 is 11.9 Å². The maximum absolute atomic E-state index is 13.3. The number of allylic oxidation sites excluding steroid dienone is 3. The summed E-state index contributed by atoms with van der Waals surface area (Å²) in [6.07, 6.45) is 10.2. The molecule has 1 atom stereocenters. The van der Waals surface area contributed by atoms with Crippen molar-refractivity contribution in [2.75, 3.05) is 36.8 Å². The lowest BCUT2D eigenvalue weighted by atomic mass is 10.1. The van der Waals surface area contributed by atoms with Crippen molar-refractivity contribution in [1.82, 2.24) is 20.6 Å². The van der Waals surface area contributed by atoms with Crippen LogP contribution in [0.4, 0.5) is 16.2 Å². The summed E-state index contributed by atoms with van der Waals surface area (Å²) in [6, 6.07) is -0.656. The normalized spacial score (nSPS) is 19.9. The molecule has 1 unspecified atom stereocenters. The van der Waals surface area contributed by atoms with Crippen molar-refractivity contribution in [3.8, 4) is 11.8 Å². The zero-order valence-electron chi connectivity index (χ0n) is 19.3. The molecule has 0 radical (unpaired) electrons. The van der Waals surface area contributed by atoms with Gasteiger partial charge in [0.25, 0.3) is 5.91 Å². The Bertz CT molecular complexity index is 997. The Balaban J connectivity index is 1.68. The number of halogens is 1. The summed E-state index contributed by atoms with van der Waals surface area (Å²) in [7, 11) is 0. The Morgan fingerprint density at radius 3 is 2.71 bits per heavy atom. The van der Waals surface area contributed by atoms with Crippen molar-refractivity contribution >= 4 is 23.6 Å². The van der Waals surface area contributed by atoms with Gasteiger partial charge in [0.2, 0.25) is 11.9 Å². The second kappa shape index (κ2) is 13.3. The van der Waals surface area contributed by atoms with Gasteiger partial charge in [0, 0.05) is 38.8 Å². The molecule has 10 heteroatoms. The van der Waals surface area contributed by atoms with Crippen LogP contribution in [0, 0.1) is 11.8 Å². The molecule has 3 rings (SSSR count). The van der Waals surface area contributed by atoms with E-state index in [1.165, 1.54) is 12.3 Å². The molecule has 2 aliphatic rings. The standard InChI is InChI=1S/C24H32FN7O2/c25-18-8-6-7-17(9-10-18)15-30-22(33)19-16-31-24-29-13-5-3-1-2-4-12-28-23(34)20(26)11-14-27-21(19)32-24/h9-10,16,20H,1-5,7,11-15,26H2,(H,28,34)(H,30,33)(H2,27,29,31,32). The molecule has 1 aliphatic heterocycles. The van der Waals surface area contributed by atoms with Crippen LogP contribution in [0.2, 0.25) is 0 Å². The van der Waals surface area contributed by atoms with Crippen LogP contribution in [0.1, 0.15) is 55.3 Å². The zero-order chi connectivity index (χ0) is 24.2. The molecule has 0 fully saturated rings. The minimum atomic E-state index is -0.656. The van der Waals surface area contributed by atoms with E-state index in [2.05, 4.69) is 43.1 Å². The summed E-state index contributed by atoms with van der Waals surface area (Å²) >= 11 is 0. The third-order valence-corrected chi connectivity index (χ3v) is 5.52. The topological polar surface area (TPSA) is 134 Å². The second-order valence-electron chi connectivity index (χ2n) is 8.26. The summed E-state index contributed by atoms with van der Waals surface area (Å²) < 4.78 is 13.3. The minimum absolute atomic E-state index is 0.181. The fourth-order valence-corrected chi connectivity index (χ4v) is 3.51. The van der Waals surface area contributed by atoms with E-state index in [4.69, 9.17) is 5.73 Å². The predicted octanol–water partition coefficient (Wildman–Crippen LogP) is 2.01. The average molecular weight is 470 g/mol. The molecule has 1 aromatic heterocycles. The van der Waals surface area contributed by atoms with Crippen molar-refractivity contribution in [3.63, 3.8) is 0 Å². The third kappa shape index (κ3) is 8.15. The third-order valence-electron chi connectivity index (χ3n) is 5.52. The van der Waals surface area contributed by atoms with Gasteiger partial charge in [0.1, 0.15) is 11.4 Å². The largest absolute Gasteiger partial charge is 0.369 e. The van der Waals surface area contributed by atoms with E-state index in [-0.39, 0.29) is 23.9 Å². The van der Waals surface area contributed by atoms with Crippen LogP contribution in [-0.4, -0.2) is 54.0 Å². The van der Waals surface area contributed by atoms with Crippen LogP contribution in [0.25, 0.3) is 0 Å². The lowest BCUT2D eigenvalue weighted by molar-refractivity contribution is -0.122. The number of amides is 2. The van der Waals surface area contributed by atoms with E-state index in [0.717, 1.165) is 44.2 Å². The van der Waals surface area contributed by atoms with Crippen molar-refractivity contribution in [2.45, 2.75) is 51.0 Å². The number of hydrogen-bond acceptors (Lipinski definition) is 7. The Morgan fingerprint density at radius 1 is 1.12 bits per heavy atom. The molecular weight excluding hydrogens is 437 g/mol. The predicted molar refractivity (Wildman–Crippen MR) is 130 cm³/mol. The van der Waals surface area contributed by atoms with Gasteiger partial charge in [-0.1, -0.05) is 31.3 Å². The van der Waals surface area contributed by atoms with Gasteiger partial charge < -0.3 is 27.0 Å². The highest BCUT2D eigenvalue weighted by Gasteiger charge is 2.17. The van der Waals surface area contributed by atoms with Gasteiger partial charge in [0.15, 0.2) is 5.83 Å². The van der Waals surface area contributed by atoms with Gasteiger partial charge in [-0.2, -0.15) is 9.37 Å². The van der Waals surface area contributed by atoms with Gasteiger partial charge >= 0.3 is 0 Å². The smallest absolute Gasteiger partial charge is 0.256 e. The summed E-state index contributed by atoms with van der Waals surface area (Å²) in [5.74, 6) is 4.83. The zero-order valence-corrected chi connectivity index (χ0v) is 19.3. The Labute approximate surface area is 199 Å². The molecule has 1 aromatic rings. The number of hydrogen-bond donors (Lipinski definition) is 5. The van der Waals surface area contributed by atoms with Crippen LogP contribution < -0.4 is 27.0 Å². The average Bonchev–Trinajstić information content (AvgIpc) is 3.04. The number of aromatic nitrogens is 2. The first-order valence-corrected chi connectivity index (χ1v) is 11.7. The Hall–Kier alpha value is -3.45. The molecular formula is C24H32FN7O2. The van der Waals surface area contributed by atoms with Crippen LogP contribution >= 0.6 is 0 Å². The molecule has 9 nitrogen and oxygen atoms in total. The first-order valence-electron chi connectivity index (χ1n) is 11.7. The quantitative estimate of drug-likeness (QED) is 0.428. The van der Waals surface area contributed by atoms with Crippen molar-refractivity contribution < 1.29 is 14.0 Å². The van der Waals surface area contributed by atoms with E-state index in [1.54, 1.807) is 6.08 Å². The lowest BCUT2D eigenvalue weighted by Crippen LogP contribution is -2.42. The number of carbonyl (C=O) groups is 2. The number of anilines is 2. The highest BCUT2D eigenvalue weighted by molar-refractivity contribution is 5.98. The number of rotatable bonds is 3. The number of nitrogens with zero attached hydrogens (tertiary/aromatic N) is 2. The van der Waals surface area contributed by atoms with Gasteiger partial charge in [-0.3, -0.25) is 9.59 Å². The molecule has 1 aliphatic carbocycles. The molecule has 6 N–H and O–H groups in total. The van der Waals surface area contributed by atoms with Gasteiger partial charge in [0.05, 0.1) is 6.04 Å². The molecule has 2 heterocycles. The maximum atomic E-state index is 13.3. The van der Waals surface area contributed by atoms with E-state index in [1.807, 2.05) is 0 Å². The first-order chi connectivity index (χ1) is 16.5. The van der Waals surface area contributed by atoms with Crippen molar-refractivity contribution in [2.24, 2.45) is 5.73 Å². The molecule has 2 bridgehead atoms. The van der Waals surface area contributed by atoms with E-state index in [9.17, 15) is 14.0 Å². The number of carbonyl (C=O) groups excluding carboxylic acids is 2. The van der Waals surface area contributed by atoms with E-state index in [0.29, 0.717) is 37.7 Å². The van der Waals surface area contributed by atoms with Crippen molar-refractivity contribution in [3.05, 3.63) is 35.3 Å². The molecule has 182 valence electrons. The van der Waals surface area contributed by atoms with E-state index >= 15 is 0 Å². The highest BCUT2D eigenvalue weighted by atomic mass is 19.1. The van der Waals surface area contributed by atoms with Crippen LogP contribution in [0.15, 0.2) is 29.7 Å². The maximum Gasteiger partial charge on any atom is 0.256 e. The van der Waals surface area contributed by atoms with Crippen molar-refractivity contribution in [1.29, 1.82) is 0 Å². The molecule has 0 spiro atoms. The number of nitrogens with two attached hydrogens (primary N) is 1. The first kappa shape index (κ1) is 25.2. The second-order valence-corrected chi connectivity index (χ2v) is 8.26. The number of fused-ring (bicyclic) bond motifs is 2. The van der Waals surface area contributed by atoms with Crippen LogP contribution in [0.3, 0.4) is 0 Å². The summed E-state index contributed by atoms with van der Waals surface area (Å²) in [6.45, 7) is 1.93. The minimum Gasteiger partial charge on any atom is -0.369 e. The highest BCUT2D eigenvalue weighted by Crippen LogP contribution is 2.16. The molecule has 34 heavy (non-hydrogen) atoms.